The summed E-state index contributed by atoms with van der Waals surface area (Å²) in [5.74, 6) is 1.35. The van der Waals surface area contributed by atoms with Crippen LogP contribution in [0.1, 0.15) is 43.1 Å². The monoisotopic (exact) mass is 247 g/mol. The van der Waals surface area contributed by atoms with Gasteiger partial charge >= 0.3 is 0 Å². The van der Waals surface area contributed by atoms with Gasteiger partial charge in [-0.3, -0.25) is 0 Å². The van der Waals surface area contributed by atoms with Gasteiger partial charge in [0.05, 0.1) is 6.04 Å². The quantitative estimate of drug-likeness (QED) is 0.845. The molecule has 0 unspecified atom stereocenters. The lowest BCUT2D eigenvalue weighted by Gasteiger charge is -2.02. The third-order valence-electron chi connectivity index (χ3n) is 2.70. The van der Waals surface area contributed by atoms with Crippen molar-refractivity contribution in [2.24, 2.45) is 5.73 Å². The van der Waals surface area contributed by atoms with E-state index in [1.165, 1.54) is 0 Å². The molecule has 0 amide bonds. The molecule has 0 saturated heterocycles. The van der Waals surface area contributed by atoms with Crippen molar-refractivity contribution in [3.8, 4) is 5.75 Å². The molecule has 5 nitrogen and oxygen atoms in total. The van der Waals surface area contributed by atoms with Crippen molar-refractivity contribution in [1.29, 1.82) is 0 Å². The zero-order valence-corrected chi connectivity index (χ0v) is 10.3. The van der Waals surface area contributed by atoms with Crippen molar-refractivity contribution in [2.75, 3.05) is 0 Å². The number of aromatic nitrogens is 2. The van der Waals surface area contributed by atoms with E-state index >= 15 is 0 Å². The molecule has 0 fully saturated rings. The Hall–Kier alpha value is -1.88. The Labute approximate surface area is 106 Å². The maximum absolute atomic E-state index is 9.19. The lowest BCUT2D eigenvalue weighted by Crippen LogP contribution is -2.10. The summed E-state index contributed by atoms with van der Waals surface area (Å²) in [6.45, 7) is 2.06. The Balaban J connectivity index is 2.04. The summed E-state index contributed by atoms with van der Waals surface area (Å²) in [6.07, 6.45) is 2.39. The first-order valence-electron chi connectivity index (χ1n) is 6.05. The zero-order chi connectivity index (χ0) is 13.0. The average Bonchev–Trinajstić information content (AvgIpc) is 2.81. The number of nitrogens with two attached hydrogens (primary N) is 1. The van der Waals surface area contributed by atoms with Crippen LogP contribution in [0, 0.1) is 0 Å². The van der Waals surface area contributed by atoms with Gasteiger partial charge in [-0.25, -0.2) is 0 Å². The molecule has 0 aliphatic carbocycles. The van der Waals surface area contributed by atoms with Crippen LogP contribution in [0.5, 0.6) is 5.75 Å². The van der Waals surface area contributed by atoms with Crippen molar-refractivity contribution in [3.63, 3.8) is 0 Å². The Morgan fingerprint density at radius 2 is 2.06 bits per heavy atom. The molecular weight excluding hydrogens is 230 g/mol. The molecule has 2 rings (SSSR count). The third kappa shape index (κ3) is 3.07. The summed E-state index contributed by atoms with van der Waals surface area (Å²) >= 11 is 0. The van der Waals surface area contributed by atoms with Crippen LogP contribution in [0.3, 0.4) is 0 Å². The molecule has 0 bridgehead atoms. The first-order chi connectivity index (χ1) is 8.69. The molecule has 1 atom stereocenters. The van der Waals surface area contributed by atoms with Gasteiger partial charge in [-0.15, -0.1) is 0 Å². The van der Waals surface area contributed by atoms with Crippen LogP contribution in [-0.2, 0) is 6.42 Å². The van der Waals surface area contributed by atoms with Crippen LogP contribution < -0.4 is 5.73 Å². The maximum Gasteiger partial charge on any atom is 0.243 e. The fraction of sp³-hybridized carbons (Fsp3) is 0.385. The highest BCUT2D eigenvalue weighted by Crippen LogP contribution is 2.16. The predicted octanol–water partition coefficient (Wildman–Crippen LogP) is 2.17. The Kier molecular flexibility index (Phi) is 3.94. The summed E-state index contributed by atoms with van der Waals surface area (Å²) < 4.78 is 5.14. The van der Waals surface area contributed by atoms with E-state index in [1.807, 2.05) is 12.1 Å². The number of phenolic OH excluding ortho intramolecular Hbond substituents is 1. The van der Waals surface area contributed by atoms with Crippen LogP contribution in [0.25, 0.3) is 0 Å². The van der Waals surface area contributed by atoms with E-state index in [4.69, 9.17) is 10.3 Å². The van der Waals surface area contributed by atoms with Gasteiger partial charge in [-0.1, -0.05) is 30.6 Å². The summed E-state index contributed by atoms with van der Waals surface area (Å²) in [6, 6.07) is 6.75. The highest BCUT2D eigenvalue weighted by molar-refractivity contribution is 5.27. The van der Waals surface area contributed by atoms with Gasteiger partial charge in [-0.05, 0) is 24.1 Å². The highest BCUT2D eigenvalue weighted by atomic mass is 16.5. The molecule has 0 radical (unpaired) electrons. The van der Waals surface area contributed by atoms with Crippen molar-refractivity contribution >= 4 is 0 Å². The fourth-order valence-electron chi connectivity index (χ4n) is 1.72. The molecule has 1 heterocycles. The second-order valence-electron chi connectivity index (χ2n) is 4.29. The first-order valence-corrected chi connectivity index (χ1v) is 6.05. The topological polar surface area (TPSA) is 85.2 Å². The van der Waals surface area contributed by atoms with Gasteiger partial charge in [0.1, 0.15) is 5.75 Å². The van der Waals surface area contributed by atoms with Gasteiger partial charge in [-0.2, -0.15) is 4.98 Å². The van der Waals surface area contributed by atoms with Crippen LogP contribution >= 0.6 is 0 Å². The van der Waals surface area contributed by atoms with Crippen molar-refractivity contribution in [2.45, 2.75) is 32.2 Å². The maximum atomic E-state index is 9.19. The molecule has 5 heteroatoms. The van der Waals surface area contributed by atoms with E-state index < -0.39 is 0 Å². The van der Waals surface area contributed by atoms with Crippen LogP contribution in [0.4, 0.5) is 0 Å². The molecule has 0 saturated carbocycles. The van der Waals surface area contributed by atoms with E-state index in [0.717, 1.165) is 18.4 Å². The van der Waals surface area contributed by atoms with E-state index in [0.29, 0.717) is 18.1 Å². The minimum atomic E-state index is -0.184. The van der Waals surface area contributed by atoms with Gasteiger partial charge in [0.25, 0.3) is 0 Å². The van der Waals surface area contributed by atoms with Gasteiger partial charge in [0, 0.05) is 6.42 Å². The molecular formula is C13H17N3O2. The lowest BCUT2D eigenvalue weighted by molar-refractivity contribution is 0.345. The second-order valence-corrected chi connectivity index (χ2v) is 4.29. The predicted molar refractivity (Wildman–Crippen MR) is 67.0 cm³/mol. The molecule has 96 valence electrons. The number of hydrogen-bond donors (Lipinski definition) is 2. The van der Waals surface area contributed by atoms with Gasteiger partial charge < -0.3 is 15.4 Å². The first kappa shape index (κ1) is 12.6. The molecule has 0 aliphatic heterocycles. The Bertz CT molecular complexity index is 493. The number of rotatable bonds is 5. The van der Waals surface area contributed by atoms with Crippen LogP contribution in [0.15, 0.2) is 28.8 Å². The molecule has 3 N–H and O–H groups in total. The normalized spacial score (nSPS) is 12.6. The van der Waals surface area contributed by atoms with E-state index in [-0.39, 0.29) is 11.8 Å². The number of hydrogen-bond acceptors (Lipinski definition) is 5. The minimum Gasteiger partial charge on any atom is -0.508 e. The molecule has 18 heavy (non-hydrogen) atoms. The van der Waals surface area contributed by atoms with Crippen molar-refractivity contribution in [1.82, 2.24) is 10.1 Å². The van der Waals surface area contributed by atoms with E-state index in [9.17, 15) is 5.11 Å². The van der Waals surface area contributed by atoms with Crippen molar-refractivity contribution in [3.05, 3.63) is 41.5 Å². The lowest BCUT2D eigenvalue weighted by atomic mass is 10.1. The standard InChI is InChI=1S/C13H17N3O2/c1-2-3-11(14)13-15-12(16-18-13)8-9-4-6-10(17)7-5-9/h4-7,11,17H,2-3,8,14H2,1H3/t11-/m0/s1. The van der Waals surface area contributed by atoms with Crippen molar-refractivity contribution < 1.29 is 9.63 Å². The van der Waals surface area contributed by atoms with E-state index in [1.54, 1.807) is 12.1 Å². The third-order valence-corrected chi connectivity index (χ3v) is 2.70. The Morgan fingerprint density at radius 3 is 2.72 bits per heavy atom. The summed E-state index contributed by atoms with van der Waals surface area (Å²) in [4.78, 5) is 4.28. The van der Waals surface area contributed by atoms with Gasteiger partial charge in [0.2, 0.25) is 5.89 Å². The number of benzene rings is 1. The van der Waals surface area contributed by atoms with Crippen LogP contribution in [0.2, 0.25) is 0 Å². The number of nitrogens with zero attached hydrogens (tertiary/aromatic N) is 2. The number of phenols is 1. The average molecular weight is 247 g/mol. The minimum absolute atomic E-state index is 0.184. The molecule has 1 aromatic heterocycles. The molecule has 0 spiro atoms. The van der Waals surface area contributed by atoms with Gasteiger partial charge in [0.15, 0.2) is 5.82 Å². The second kappa shape index (κ2) is 5.64. The molecule has 1 aromatic carbocycles. The zero-order valence-electron chi connectivity index (χ0n) is 10.3. The van der Waals surface area contributed by atoms with Crippen LogP contribution in [-0.4, -0.2) is 15.2 Å². The smallest absolute Gasteiger partial charge is 0.243 e. The number of aromatic hydroxyl groups is 1. The molecule has 0 aliphatic rings. The molecule has 2 aromatic rings. The largest absolute Gasteiger partial charge is 0.508 e. The summed E-state index contributed by atoms with van der Waals surface area (Å²) in [7, 11) is 0. The summed E-state index contributed by atoms with van der Waals surface area (Å²) in [5, 5.41) is 13.1. The highest BCUT2D eigenvalue weighted by Gasteiger charge is 2.13. The SMILES string of the molecule is CCC[C@H](N)c1nc(Cc2ccc(O)cc2)no1. The fourth-order valence-corrected chi connectivity index (χ4v) is 1.72. The Morgan fingerprint density at radius 1 is 1.33 bits per heavy atom. The summed E-state index contributed by atoms with van der Waals surface area (Å²) in [5.41, 5.74) is 6.92. The van der Waals surface area contributed by atoms with E-state index in [2.05, 4.69) is 17.1 Å².